The monoisotopic (exact) mass is 382 g/mol. The lowest BCUT2D eigenvalue weighted by molar-refractivity contribution is -0.119. The Balaban J connectivity index is 1.49. The molecule has 0 saturated carbocycles. The molecule has 0 saturated heterocycles. The Kier molecular flexibility index (Phi) is 6.49. The number of rotatable bonds is 8. The Morgan fingerprint density at radius 1 is 1.19 bits per heavy atom. The second kappa shape index (κ2) is 9.23. The second-order valence-corrected chi connectivity index (χ2v) is 6.96. The van der Waals surface area contributed by atoms with Crippen molar-refractivity contribution in [3.05, 3.63) is 66.7 Å². The molecular weight excluding hydrogens is 360 g/mol. The van der Waals surface area contributed by atoms with E-state index in [0.717, 1.165) is 21.9 Å². The van der Waals surface area contributed by atoms with E-state index in [2.05, 4.69) is 15.4 Å². The Bertz CT molecular complexity index is 849. The molecule has 0 aliphatic carbocycles. The number of benzene rings is 2. The molecule has 1 amide bonds. The van der Waals surface area contributed by atoms with E-state index in [9.17, 15) is 4.79 Å². The van der Waals surface area contributed by atoms with Crippen LogP contribution in [0.2, 0.25) is 0 Å². The quantitative estimate of drug-likeness (QED) is 0.603. The minimum atomic E-state index is -0.0665. The summed E-state index contributed by atoms with van der Waals surface area (Å²) in [6, 6.07) is 15.6. The number of nitrogens with one attached hydrogen (secondary N) is 1. The zero-order valence-electron chi connectivity index (χ0n) is 15.3. The first kappa shape index (κ1) is 19.0. The molecule has 2 aromatic carbocycles. The maximum Gasteiger partial charge on any atom is 0.230 e. The molecule has 0 spiro atoms. The van der Waals surface area contributed by atoms with Crippen LogP contribution in [0.1, 0.15) is 25.5 Å². The zero-order chi connectivity index (χ0) is 19.1. The summed E-state index contributed by atoms with van der Waals surface area (Å²) in [6.45, 7) is 4.58. The highest BCUT2D eigenvalue weighted by molar-refractivity contribution is 8.00. The molecule has 6 nitrogen and oxygen atoms in total. The predicted octanol–water partition coefficient (Wildman–Crippen LogP) is 3.64. The van der Waals surface area contributed by atoms with Gasteiger partial charge in [0.15, 0.2) is 0 Å². The van der Waals surface area contributed by atoms with Crippen molar-refractivity contribution in [3.8, 4) is 11.4 Å². The molecule has 0 aliphatic heterocycles. The fraction of sp³-hybridized carbons (Fsp3) is 0.250. The van der Waals surface area contributed by atoms with E-state index in [4.69, 9.17) is 4.74 Å². The van der Waals surface area contributed by atoms with Gasteiger partial charge in [-0.3, -0.25) is 4.79 Å². The van der Waals surface area contributed by atoms with Crippen molar-refractivity contribution in [2.24, 2.45) is 0 Å². The van der Waals surface area contributed by atoms with E-state index in [0.29, 0.717) is 12.4 Å². The highest BCUT2D eigenvalue weighted by Crippen LogP contribution is 2.22. The van der Waals surface area contributed by atoms with Crippen LogP contribution in [0.15, 0.2) is 66.1 Å². The van der Waals surface area contributed by atoms with Crippen molar-refractivity contribution in [1.82, 2.24) is 20.1 Å². The topological polar surface area (TPSA) is 69.0 Å². The van der Waals surface area contributed by atoms with Gasteiger partial charge in [0.2, 0.25) is 5.91 Å². The van der Waals surface area contributed by atoms with Crippen LogP contribution in [-0.2, 0) is 4.79 Å². The van der Waals surface area contributed by atoms with Gasteiger partial charge in [-0.2, -0.15) is 5.10 Å². The van der Waals surface area contributed by atoms with Crippen LogP contribution < -0.4 is 10.1 Å². The van der Waals surface area contributed by atoms with Crippen LogP contribution in [-0.4, -0.2) is 33.0 Å². The molecule has 3 rings (SSSR count). The summed E-state index contributed by atoms with van der Waals surface area (Å²) < 4.78 is 7.12. The number of aromatic nitrogens is 3. The lowest BCUT2D eigenvalue weighted by Gasteiger charge is -2.15. The molecule has 0 bridgehead atoms. The standard InChI is InChI=1S/C20H22N4O2S/c1-3-26-18-8-10-19(11-9-18)27-12-20(25)23-15(2)16-4-6-17(7-5-16)24-14-21-13-22-24/h4-11,13-15H,3,12H2,1-2H3,(H,23,25). The van der Waals surface area contributed by atoms with Gasteiger partial charge < -0.3 is 10.1 Å². The number of hydrogen-bond acceptors (Lipinski definition) is 5. The van der Waals surface area contributed by atoms with Crippen LogP contribution >= 0.6 is 11.8 Å². The maximum atomic E-state index is 12.2. The van der Waals surface area contributed by atoms with Crippen molar-refractivity contribution >= 4 is 17.7 Å². The molecule has 1 unspecified atom stereocenters. The van der Waals surface area contributed by atoms with Gasteiger partial charge in [0.05, 0.1) is 24.1 Å². The summed E-state index contributed by atoms with van der Waals surface area (Å²) in [4.78, 5) is 17.2. The van der Waals surface area contributed by atoms with E-state index in [1.807, 2.05) is 62.4 Å². The van der Waals surface area contributed by atoms with Gasteiger partial charge in [0, 0.05) is 4.90 Å². The number of nitrogens with zero attached hydrogens (tertiary/aromatic N) is 3. The van der Waals surface area contributed by atoms with Crippen LogP contribution in [0.5, 0.6) is 5.75 Å². The summed E-state index contributed by atoms with van der Waals surface area (Å²) in [7, 11) is 0. The summed E-state index contributed by atoms with van der Waals surface area (Å²) in [5.41, 5.74) is 1.97. The Hall–Kier alpha value is -2.80. The zero-order valence-corrected chi connectivity index (χ0v) is 16.1. The molecule has 1 heterocycles. The van der Waals surface area contributed by atoms with E-state index in [-0.39, 0.29) is 11.9 Å². The van der Waals surface area contributed by atoms with Crippen LogP contribution in [0.3, 0.4) is 0 Å². The third-order valence-corrected chi connectivity index (χ3v) is 4.97. The second-order valence-electron chi connectivity index (χ2n) is 5.91. The maximum absolute atomic E-state index is 12.2. The lowest BCUT2D eigenvalue weighted by atomic mass is 10.1. The average molecular weight is 382 g/mol. The van der Waals surface area contributed by atoms with Gasteiger partial charge in [-0.1, -0.05) is 12.1 Å². The van der Waals surface area contributed by atoms with Crippen LogP contribution in [0.25, 0.3) is 5.69 Å². The smallest absolute Gasteiger partial charge is 0.230 e. The first-order valence-corrected chi connectivity index (χ1v) is 9.74. The fourth-order valence-electron chi connectivity index (χ4n) is 2.57. The highest BCUT2D eigenvalue weighted by atomic mass is 32.2. The van der Waals surface area contributed by atoms with Gasteiger partial charge in [-0.05, 0) is 55.8 Å². The van der Waals surface area contributed by atoms with Crippen molar-refractivity contribution in [3.63, 3.8) is 0 Å². The summed E-state index contributed by atoms with van der Waals surface area (Å²) >= 11 is 1.51. The number of hydrogen-bond donors (Lipinski definition) is 1. The van der Waals surface area contributed by atoms with E-state index in [1.54, 1.807) is 11.0 Å². The van der Waals surface area contributed by atoms with Crippen molar-refractivity contribution in [2.75, 3.05) is 12.4 Å². The molecule has 27 heavy (non-hydrogen) atoms. The number of carbonyl (C=O) groups is 1. The third-order valence-electron chi connectivity index (χ3n) is 3.96. The molecule has 0 fully saturated rings. The summed E-state index contributed by atoms with van der Waals surface area (Å²) in [6.07, 6.45) is 3.15. The SMILES string of the molecule is CCOc1ccc(SCC(=O)NC(C)c2ccc(-n3cncn3)cc2)cc1. The van der Waals surface area contributed by atoms with Crippen LogP contribution in [0.4, 0.5) is 0 Å². The number of carbonyl (C=O) groups excluding carboxylic acids is 1. The Morgan fingerprint density at radius 3 is 2.56 bits per heavy atom. The molecule has 1 N–H and O–H groups in total. The molecular formula is C20H22N4O2S. The van der Waals surface area contributed by atoms with Gasteiger partial charge in [0.1, 0.15) is 18.4 Å². The summed E-state index contributed by atoms with van der Waals surface area (Å²) in [5.74, 6) is 1.21. The molecule has 140 valence electrons. The molecule has 0 radical (unpaired) electrons. The Morgan fingerprint density at radius 2 is 1.93 bits per heavy atom. The first-order valence-electron chi connectivity index (χ1n) is 8.75. The fourth-order valence-corrected chi connectivity index (χ4v) is 3.28. The van der Waals surface area contributed by atoms with Gasteiger partial charge in [-0.25, -0.2) is 9.67 Å². The number of thioether (sulfide) groups is 1. The average Bonchev–Trinajstić information content (AvgIpc) is 3.23. The normalized spacial score (nSPS) is 11.8. The van der Waals surface area contributed by atoms with E-state index < -0.39 is 0 Å². The molecule has 1 atom stereocenters. The molecule has 0 aliphatic rings. The van der Waals surface area contributed by atoms with Crippen molar-refractivity contribution in [2.45, 2.75) is 24.8 Å². The van der Waals surface area contributed by atoms with E-state index in [1.165, 1.54) is 18.1 Å². The van der Waals surface area contributed by atoms with Crippen LogP contribution in [0, 0.1) is 0 Å². The van der Waals surface area contributed by atoms with E-state index >= 15 is 0 Å². The minimum absolute atomic E-state index is 0.00161. The molecule has 7 heteroatoms. The van der Waals surface area contributed by atoms with Gasteiger partial charge in [-0.15, -0.1) is 11.8 Å². The van der Waals surface area contributed by atoms with Crippen molar-refractivity contribution < 1.29 is 9.53 Å². The van der Waals surface area contributed by atoms with Gasteiger partial charge >= 0.3 is 0 Å². The number of amides is 1. The largest absolute Gasteiger partial charge is 0.494 e. The molecule has 1 aromatic heterocycles. The predicted molar refractivity (Wildman–Crippen MR) is 106 cm³/mol. The molecule has 3 aromatic rings. The lowest BCUT2D eigenvalue weighted by Crippen LogP contribution is -2.28. The Labute approximate surface area is 163 Å². The number of ether oxygens (including phenoxy) is 1. The highest BCUT2D eigenvalue weighted by Gasteiger charge is 2.10. The minimum Gasteiger partial charge on any atom is -0.494 e. The summed E-state index contributed by atoms with van der Waals surface area (Å²) in [5, 5.41) is 7.14. The third kappa shape index (κ3) is 5.34. The van der Waals surface area contributed by atoms with Gasteiger partial charge in [0.25, 0.3) is 0 Å². The first-order chi connectivity index (χ1) is 13.2. The van der Waals surface area contributed by atoms with Crippen molar-refractivity contribution in [1.29, 1.82) is 0 Å².